The largest absolute Gasteiger partial charge is 0.364 e. The highest BCUT2D eigenvalue weighted by Gasteiger charge is 2.28. The maximum atomic E-state index is 13.0. The van der Waals surface area contributed by atoms with Gasteiger partial charge in [-0.1, -0.05) is 0 Å². The monoisotopic (exact) mass is 365 g/mol. The van der Waals surface area contributed by atoms with Crippen molar-refractivity contribution in [1.29, 1.82) is 0 Å². The molecule has 4 heterocycles. The summed E-state index contributed by atoms with van der Waals surface area (Å²) < 4.78 is 27.0. The van der Waals surface area contributed by atoms with Crippen molar-refractivity contribution >= 4 is 17.5 Å². The zero-order valence-corrected chi connectivity index (χ0v) is 14.3. The van der Waals surface area contributed by atoms with Crippen LogP contribution in [0.2, 0.25) is 0 Å². The fraction of sp³-hybridized carbons (Fsp3) is 0.625. The lowest BCUT2D eigenvalue weighted by Gasteiger charge is -2.35. The van der Waals surface area contributed by atoms with Gasteiger partial charge < -0.3 is 15.1 Å². The first kappa shape index (κ1) is 16.9. The van der Waals surface area contributed by atoms with Gasteiger partial charge in [-0.2, -0.15) is 4.52 Å². The second-order valence-electron chi connectivity index (χ2n) is 6.75. The van der Waals surface area contributed by atoms with E-state index in [0.717, 1.165) is 49.8 Å². The summed E-state index contributed by atoms with van der Waals surface area (Å²) in [5.74, 6) is -0.00203. The molecule has 1 N–H and O–H groups in total. The summed E-state index contributed by atoms with van der Waals surface area (Å²) in [5.41, 5.74) is 0.278. The second-order valence-corrected chi connectivity index (χ2v) is 6.75. The van der Waals surface area contributed by atoms with Crippen molar-refractivity contribution in [3.63, 3.8) is 0 Å². The first-order valence-corrected chi connectivity index (χ1v) is 8.93. The molecule has 2 aliphatic heterocycles. The highest BCUT2D eigenvalue weighted by atomic mass is 19.3. The first-order valence-electron chi connectivity index (χ1n) is 8.93. The maximum absolute atomic E-state index is 13.0. The topological polar surface area (TPSA) is 78.7 Å². The number of amides is 2. The number of piperidine rings is 1. The Kier molecular flexibility index (Phi) is 4.56. The van der Waals surface area contributed by atoms with Gasteiger partial charge in [-0.15, -0.1) is 15.3 Å². The van der Waals surface area contributed by atoms with E-state index in [9.17, 15) is 13.6 Å². The van der Waals surface area contributed by atoms with Crippen molar-refractivity contribution in [3.8, 4) is 0 Å². The number of hydrogen-bond donors (Lipinski definition) is 1. The Morgan fingerprint density at radius 3 is 2.65 bits per heavy atom. The molecular formula is C16H21F2N7O. The number of nitrogens with one attached hydrogen (secondary N) is 1. The smallest absolute Gasteiger partial charge is 0.320 e. The van der Waals surface area contributed by atoms with Gasteiger partial charge in [-0.25, -0.2) is 13.6 Å². The number of aromatic nitrogens is 4. The highest BCUT2D eigenvalue weighted by Crippen LogP contribution is 2.20. The molecule has 1 atom stereocenters. The Balaban J connectivity index is 1.45. The Morgan fingerprint density at radius 1 is 1.12 bits per heavy atom. The molecule has 2 amide bonds. The predicted molar refractivity (Wildman–Crippen MR) is 90.2 cm³/mol. The van der Waals surface area contributed by atoms with Crippen molar-refractivity contribution in [2.24, 2.45) is 0 Å². The van der Waals surface area contributed by atoms with Crippen LogP contribution < -0.4 is 5.32 Å². The number of rotatable bonds is 3. The summed E-state index contributed by atoms with van der Waals surface area (Å²) >= 11 is 0. The maximum Gasteiger partial charge on any atom is 0.320 e. The van der Waals surface area contributed by atoms with E-state index in [1.807, 2.05) is 9.80 Å². The lowest BCUT2D eigenvalue weighted by atomic mass is 10.1. The molecule has 8 nitrogen and oxygen atoms in total. The molecule has 4 rings (SSSR count). The van der Waals surface area contributed by atoms with Crippen LogP contribution in [0.1, 0.15) is 37.9 Å². The fourth-order valence-electron chi connectivity index (χ4n) is 3.60. The molecule has 2 aliphatic rings. The van der Waals surface area contributed by atoms with Crippen LogP contribution in [0.4, 0.5) is 19.4 Å². The van der Waals surface area contributed by atoms with Gasteiger partial charge in [0.1, 0.15) is 5.82 Å². The summed E-state index contributed by atoms with van der Waals surface area (Å²) in [6, 6.07) is 3.42. The number of anilines is 1. The summed E-state index contributed by atoms with van der Waals surface area (Å²) in [5, 5.41) is 14.6. The van der Waals surface area contributed by atoms with Crippen LogP contribution in [-0.2, 0) is 0 Å². The molecule has 0 bridgehead atoms. The van der Waals surface area contributed by atoms with E-state index in [4.69, 9.17) is 0 Å². The van der Waals surface area contributed by atoms with Crippen LogP contribution in [0.5, 0.6) is 0 Å². The summed E-state index contributed by atoms with van der Waals surface area (Å²) in [6.45, 7) is 2.99. The lowest BCUT2D eigenvalue weighted by molar-refractivity contribution is 0.137. The molecule has 10 heteroatoms. The molecule has 2 fully saturated rings. The predicted octanol–water partition coefficient (Wildman–Crippen LogP) is 2.15. The van der Waals surface area contributed by atoms with Crippen molar-refractivity contribution < 1.29 is 13.6 Å². The minimum atomic E-state index is -2.74. The molecule has 2 saturated heterocycles. The van der Waals surface area contributed by atoms with Gasteiger partial charge in [0.2, 0.25) is 5.82 Å². The number of likely N-dealkylation sites (tertiary alicyclic amines) is 2. The van der Waals surface area contributed by atoms with E-state index >= 15 is 0 Å². The van der Waals surface area contributed by atoms with Crippen molar-refractivity contribution in [3.05, 3.63) is 18.0 Å². The molecule has 1 unspecified atom stereocenters. The van der Waals surface area contributed by atoms with Gasteiger partial charge in [0.05, 0.1) is 0 Å². The third kappa shape index (κ3) is 3.27. The van der Waals surface area contributed by atoms with Gasteiger partial charge in [-0.05, 0) is 37.8 Å². The van der Waals surface area contributed by atoms with E-state index in [1.165, 1.54) is 0 Å². The number of urea groups is 1. The molecule has 140 valence electrons. The number of carbonyl (C=O) groups is 1. The molecule has 0 saturated carbocycles. The summed E-state index contributed by atoms with van der Waals surface area (Å²) in [7, 11) is 0. The molecule has 0 radical (unpaired) electrons. The van der Waals surface area contributed by atoms with E-state index < -0.39 is 12.2 Å². The number of halogens is 2. The van der Waals surface area contributed by atoms with Gasteiger partial charge in [-0.3, -0.25) is 0 Å². The van der Waals surface area contributed by atoms with Crippen LogP contribution in [0.15, 0.2) is 12.1 Å². The Morgan fingerprint density at radius 2 is 1.88 bits per heavy atom. The van der Waals surface area contributed by atoms with Crippen LogP contribution in [-0.4, -0.2) is 67.9 Å². The third-order valence-electron chi connectivity index (χ3n) is 4.90. The van der Waals surface area contributed by atoms with Gasteiger partial charge in [0.25, 0.3) is 6.43 Å². The van der Waals surface area contributed by atoms with Crippen LogP contribution >= 0.6 is 0 Å². The number of fused-ring (bicyclic) bond motifs is 1. The summed E-state index contributed by atoms with van der Waals surface area (Å²) in [4.78, 5) is 16.3. The Hall–Kier alpha value is -2.52. The lowest BCUT2D eigenvalue weighted by Crippen LogP contribution is -2.49. The van der Waals surface area contributed by atoms with Gasteiger partial charge >= 0.3 is 6.03 Å². The van der Waals surface area contributed by atoms with Crippen molar-refractivity contribution in [2.75, 3.05) is 31.5 Å². The summed E-state index contributed by atoms with van der Waals surface area (Å²) in [6.07, 6.45) is 1.19. The molecule has 0 aromatic carbocycles. The van der Waals surface area contributed by atoms with E-state index in [-0.39, 0.29) is 17.7 Å². The number of hydrogen-bond acceptors (Lipinski definition) is 5. The molecule has 2 aromatic rings. The van der Waals surface area contributed by atoms with E-state index in [1.54, 1.807) is 12.1 Å². The molecule has 2 aromatic heterocycles. The molecule has 0 spiro atoms. The average Bonchev–Trinajstić information content (AvgIpc) is 3.31. The standard InChI is InChI=1S/C16H21F2N7O/c17-14(18)15-21-20-13-6-5-12(22-25(13)15)19-11-4-3-9-24(10-11)16(26)23-7-1-2-8-23/h5-6,11,14H,1-4,7-10H2,(H,19,22). The molecule has 0 aliphatic carbocycles. The first-order chi connectivity index (χ1) is 12.6. The second kappa shape index (κ2) is 7.00. The van der Waals surface area contributed by atoms with Gasteiger partial charge in [0.15, 0.2) is 5.65 Å². The third-order valence-corrected chi connectivity index (χ3v) is 4.90. The normalized spacial score (nSPS) is 21.0. The number of carbonyl (C=O) groups excluding carboxylic acids is 1. The molecule has 26 heavy (non-hydrogen) atoms. The average molecular weight is 365 g/mol. The van der Waals surface area contributed by atoms with E-state index in [2.05, 4.69) is 20.6 Å². The number of alkyl halides is 2. The van der Waals surface area contributed by atoms with Crippen LogP contribution in [0, 0.1) is 0 Å². The van der Waals surface area contributed by atoms with E-state index in [0.29, 0.717) is 12.4 Å². The molecular weight excluding hydrogens is 344 g/mol. The SMILES string of the molecule is O=C(N1CCCC1)N1CCCC(Nc2ccc3nnc(C(F)F)n3n2)C1. The van der Waals surface area contributed by atoms with Crippen molar-refractivity contribution in [2.45, 2.75) is 38.2 Å². The highest BCUT2D eigenvalue weighted by molar-refractivity contribution is 5.75. The minimum absolute atomic E-state index is 0.0340. The Bertz CT molecular complexity index is 790. The zero-order valence-electron chi connectivity index (χ0n) is 14.3. The zero-order chi connectivity index (χ0) is 18.1. The Labute approximate surface area is 149 Å². The quantitative estimate of drug-likeness (QED) is 0.902. The van der Waals surface area contributed by atoms with Crippen LogP contribution in [0.25, 0.3) is 5.65 Å². The number of nitrogens with zero attached hydrogens (tertiary/aromatic N) is 6. The van der Waals surface area contributed by atoms with Crippen molar-refractivity contribution in [1.82, 2.24) is 29.6 Å². The minimum Gasteiger partial charge on any atom is -0.364 e. The van der Waals surface area contributed by atoms with Gasteiger partial charge in [0, 0.05) is 32.2 Å². The fourth-order valence-corrected chi connectivity index (χ4v) is 3.60. The van der Waals surface area contributed by atoms with Crippen LogP contribution in [0.3, 0.4) is 0 Å².